The molecule has 0 saturated heterocycles. The van der Waals surface area contributed by atoms with Gasteiger partial charge in [-0.15, -0.1) is 11.6 Å². The molecule has 4 nitrogen and oxygen atoms in total. The molecule has 0 aliphatic rings. The summed E-state index contributed by atoms with van der Waals surface area (Å²) in [5.41, 5.74) is 2.11. The molecule has 0 N–H and O–H groups in total. The number of fused-ring (bicyclic) bond motifs is 1. The predicted molar refractivity (Wildman–Crippen MR) is 84.0 cm³/mol. The third-order valence-corrected chi connectivity index (χ3v) is 3.55. The second-order valence-corrected chi connectivity index (χ2v) is 5.68. The van der Waals surface area contributed by atoms with Gasteiger partial charge < -0.3 is 14.2 Å². The number of halogens is 1. The van der Waals surface area contributed by atoms with Gasteiger partial charge in [-0.05, 0) is 33.2 Å². The van der Waals surface area contributed by atoms with Crippen molar-refractivity contribution in [2.45, 2.75) is 19.4 Å². The fourth-order valence-corrected chi connectivity index (χ4v) is 2.78. The highest BCUT2D eigenvalue weighted by molar-refractivity contribution is 6.17. The van der Waals surface area contributed by atoms with Crippen molar-refractivity contribution in [2.75, 3.05) is 33.6 Å². The zero-order chi connectivity index (χ0) is 14.7. The minimum atomic E-state index is 0.334. The monoisotopic (exact) mass is 295 g/mol. The van der Waals surface area contributed by atoms with Gasteiger partial charge >= 0.3 is 0 Å². The lowest BCUT2D eigenvalue weighted by atomic mass is 10.2. The lowest BCUT2D eigenvalue weighted by Crippen LogP contribution is -2.23. The standard InChI is InChI=1S/C15H22ClN3O/c1-11(10-18(2)3)19-14-9-12(20-4)5-6-13(14)17-15(19)7-8-16/h5-6,9,11H,7-8,10H2,1-4H3. The quantitative estimate of drug-likeness (QED) is 0.768. The van der Waals surface area contributed by atoms with Crippen molar-refractivity contribution in [3.63, 3.8) is 0 Å². The topological polar surface area (TPSA) is 30.3 Å². The van der Waals surface area contributed by atoms with Crippen LogP contribution in [0.2, 0.25) is 0 Å². The van der Waals surface area contributed by atoms with Gasteiger partial charge in [0.25, 0.3) is 0 Å². The van der Waals surface area contributed by atoms with Crippen molar-refractivity contribution in [2.24, 2.45) is 0 Å². The van der Waals surface area contributed by atoms with Crippen LogP contribution in [0.5, 0.6) is 5.75 Å². The SMILES string of the molecule is COc1ccc2nc(CCCl)n(C(C)CN(C)C)c2c1. The molecule has 0 bridgehead atoms. The highest BCUT2D eigenvalue weighted by atomic mass is 35.5. The summed E-state index contributed by atoms with van der Waals surface area (Å²) in [5.74, 6) is 2.47. The number of ether oxygens (including phenoxy) is 1. The molecule has 0 spiro atoms. The second-order valence-electron chi connectivity index (χ2n) is 5.30. The summed E-state index contributed by atoms with van der Waals surface area (Å²) in [7, 11) is 5.85. The van der Waals surface area contributed by atoms with Crippen molar-refractivity contribution < 1.29 is 4.74 Å². The Labute approximate surface area is 125 Å². The van der Waals surface area contributed by atoms with E-state index in [4.69, 9.17) is 21.3 Å². The summed E-state index contributed by atoms with van der Waals surface area (Å²) in [6, 6.07) is 6.33. The van der Waals surface area contributed by atoms with E-state index in [1.165, 1.54) is 0 Å². The van der Waals surface area contributed by atoms with Crippen LogP contribution < -0.4 is 4.74 Å². The van der Waals surface area contributed by atoms with Crippen LogP contribution in [0.15, 0.2) is 18.2 Å². The first-order valence-electron chi connectivity index (χ1n) is 6.82. The summed E-state index contributed by atoms with van der Waals surface area (Å²) in [6.07, 6.45) is 0.774. The van der Waals surface area contributed by atoms with E-state index in [9.17, 15) is 0 Å². The summed E-state index contributed by atoms with van der Waals surface area (Å²) in [6.45, 7) is 3.16. The van der Waals surface area contributed by atoms with E-state index >= 15 is 0 Å². The number of hydrogen-bond donors (Lipinski definition) is 0. The molecule has 110 valence electrons. The molecule has 0 aliphatic carbocycles. The average Bonchev–Trinajstić information content (AvgIpc) is 2.75. The first-order valence-corrected chi connectivity index (χ1v) is 7.35. The number of nitrogens with zero attached hydrogens (tertiary/aromatic N) is 3. The van der Waals surface area contributed by atoms with Gasteiger partial charge in [-0.3, -0.25) is 0 Å². The average molecular weight is 296 g/mol. The molecular weight excluding hydrogens is 274 g/mol. The Hall–Kier alpha value is -1.26. The van der Waals surface area contributed by atoms with Crippen molar-refractivity contribution in [1.29, 1.82) is 0 Å². The molecule has 5 heteroatoms. The molecule has 0 fully saturated rings. The number of methoxy groups -OCH3 is 1. The maximum absolute atomic E-state index is 5.92. The fourth-order valence-electron chi connectivity index (χ4n) is 2.61. The molecule has 1 atom stereocenters. The Morgan fingerprint density at radius 2 is 2.15 bits per heavy atom. The number of rotatable bonds is 6. The van der Waals surface area contributed by atoms with E-state index in [-0.39, 0.29) is 0 Å². The Morgan fingerprint density at radius 3 is 2.75 bits per heavy atom. The minimum Gasteiger partial charge on any atom is -0.497 e. The highest BCUT2D eigenvalue weighted by Gasteiger charge is 2.16. The molecule has 2 aromatic rings. The Bertz CT molecular complexity index is 580. The first-order chi connectivity index (χ1) is 9.56. The molecule has 1 unspecified atom stereocenters. The Balaban J connectivity index is 2.53. The summed E-state index contributed by atoms with van der Waals surface area (Å²) >= 11 is 5.92. The maximum atomic E-state index is 5.92. The van der Waals surface area contributed by atoms with Crippen LogP contribution in [-0.2, 0) is 6.42 Å². The molecule has 0 amide bonds. The zero-order valence-electron chi connectivity index (χ0n) is 12.6. The van der Waals surface area contributed by atoms with E-state index in [1.807, 2.05) is 18.2 Å². The van der Waals surface area contributed by atoms with Gasteiger partial charge in [-0.1, -0.05) is 0 Å². The van der Waals surface area contributed by atoms with E-state index in [1.54, 1.807) is 7.11 Å². The fraction of sp³-hybridized carbons (Fsp3) is 0.533. The molecule has 0 radical (unpaired) electrons. The van der Waals surface area contributed by atoms with E-state index in [0.29, 0.717) is 11.9 Å². The van der Waals surface area contributed by atoms with Crippen LogP contribution in [0.3, 0.4) is 0 Å². The largest absolute Gasteiger partial charge is 0.497 e. The van der Waals surface area contributed by atoms with Crippen LogP contribution in [0, 0.1) is 0 Å². The van der Waals surface area contributed by atoms with Crippen molar-refractivity contribution in [1.82, 2.24) is 14.5 Å². The van der Waals surface area contributed by atoms with E-state index in [2.05, 4.69) is 30.5 Å². The molecular formula is C15H22ClN3O. The van der Waals surface area contributed by atoms with Crippen LogP contribution in [0.4, 0.5) is 0 Å². The number of alkyl halides is 1. The maximum Gasteiger partial charge on any atom is 0.121 e. The molecule has 1 aromatic heterocycles. The summed E-state index contributed by atoms with van der Waals surface area (Å²) in [5, 5.41) is 0. The molecule has 0 aliphatic heterocycles. The number of likely N-dealkylation sites (N-methyl/N-ethyl adjacent to an activating group) is 1. The molecule has 1 heterocycles. The lowest BCUT2D eigenvalue weighted by molar-refractivity contribution is 0.336. The smallest absolute Gasteiger partial charge is 0.121 e. The number of imidazole rings is 1. The summed E-state index contributed by atoms with van der Waals surface area (Å²) < 4.78 is 7.61. The van der Waals surface area contributed by atoms with Gasteiger partial charge in [-0.2, -0.15) is 0 Å². The van der Waals surface area contributed by atoms with Crippen molar-refractivity contribution in [3.05, 3.63) is 24.0 Å². The third-order valence-electron chi connectivity index (χ3n) is 3.36. The molecule has 20 heavy (non-hydrogen) atoms. The zero-order valence-corrected chi connectivity index (χ0v) is 13.3. The highest BCUT2D eigenvalue weighted by Crippen LogP contribution is 2.26. The minimum absolute atomic E-state index is 0.334. The molecule has 0 saturated carbocycles. The lowest BCUT2D eigenvalue weighted by Gasteiger charge is -2.21. The summed E-state index contributed by atoms with van der Waals surface area (Å²) in [4.78, 5) is 6.89. The Morgan fingerprint density at radius 1 is 1.40 bits per heavy atom. The van der Waals surface area contributed by atoms with Crippen LogP contribution in [0.25, 0.3) is 11.0 Å². The van der Waals surface area contributed by atoms with Crippen LogP contribution in [-0.4, -0.2) is 48.1 Å². The number of hydrogen-bond acceptors (Lipinski definition) is 3. The molecule has 2 rings (SSSR count). The Kier molecular flexibility index (Phi) is 4.89. The van der Waals surface area contributed by atoms with E-state index in [0.717, 1.165) is 35.6 Å². The predicted octanol–water partition coefficient (Wildman–Crippen LogP) is 2.95. The van der Waals surface area contributed by atoms with Gasteiger partial charge in [0, 0.05) is 31.0 Å². The second kappa shape index (κ2) is 6.46. The number of benzene rings is 1. The first kappa shape index (κ1) is 15.1. The van der Waals surface area contributed by atoms with Crippen molar-refractivity contribution in [3.8, 4) is 5.75 Å². The van der Waals surface area contributed by atoms with Crippen LogP contribution in [0.1, 0.15) is 18.8 Å². The van der Waals surface area contributed by atoms with Gasteiger partial charge in [-0.25, -0.2) is 4.98 Å². The number of aryl methyl sites for hydroxylation is 1. The normalized spacial score (nSPS) is 13.1. The number of aromatic nitrogens is 2. The molecule has 1 aromatic carbocycles. The van der Waals surface area contributed by atoms with Crippen molar-refractivity contribution >= 4 is 22.6 Å². The van der Waals surface area contributed by atoms with Gasteiger partial charge in [0.05, 0.1) is 18.1 Å². The van der Waals surface area contributed by atoms with Gasteiger partial charge in [0.2, 0.25) is 0 Å². The van der Waals surface area contributed by atoms with Gasteiger partial charge in [0.1, 0.15) is 11.6 Å². The van der Waals surface area contributed by atoms with E-state index < -0.39 is 0 Å². The third kappa shape index (κ3) is 3.07. The van der Waals surface area contributed by atoms with Crippen LogP contribution >= 0.6 is 11.6 Å². The van der Waals surface area contributed by atoms with Gasteiger partial charge in [0.15, 0.2) is 0 Å².